The van der Waals surface area contributed by atoms with Crippen LogP contribution in [0.2, 0.25) is 0 Å². The molecule has 0 aliphatic heterocycles. The number of carbonyl (C=O) groups is 3. The van der Waals surface area contributed by atoms with E-state index in [4.69, 9.17) is 0 Å². The fourth-order valence-electron chi connectivity index (χ4n) is 1.29. The standard InChI is InChI=1S/C12H15N3O3/c1-8(16)15-10-5-3-4-9(6-10)12(18)14-7-11(17)13-2/h3-6H,7H2,1-2H3,(H,13,17)(H,14,18)(H,15,16). The summed E-state index contributed by atoms with van der Waals surface area (Å²) in [5.74, 6) is -0.856. The van der Waals surface area contributed by atoms with Gasteiger partial charge in [0, 0.05) is 25.2 Å². The molecule has 18 heavy (non-hydrogen) atoms. The molecule has 0 aromatic heterocycles. The van der Waals surface area contributed by atoms with Crippen molar-refractivity contribution in [2.75, 3.05) is 18.9 Å². The van der Waals surface area contributed by atoms with Gasteiger partial charge in [0.25, 0.3) is 5.91 Å². The fourth-order valence-corrected chi connectivity index (χ4v) is 1.29. The molecular formula is C12H15N3O3. The summed E-state index contributed by atoms with van der Waals surface area (Å²) in [7, 11) is 1.49. The van der Waals surface area contributed by atoms with Gasteiger partial charge in [0.05, 0.1) is 6.54 Å². The van der Waals surface area contributed by atoms with Crippen LogP contribution < -0.4 is 16.0 Å². The Morgan fingerprint density at radius 2 is 1.94 bits per heavy atom. The Morgan fingerprint density at radius 3 is 2.56 bits per heavy atom. The molecule has 0 saturated carbocycles. The highest BCUT2D eigenvalue weighted by Gasteiger charge is 2.07. The molecule has 0 unspecified atom stereocenters. The number of hydrogen-bond acceptors (Lipinski definition) is 3. The summed E-state index contributed by atoms with van der Waals surface area (Å²) in [5.41, 5.74) is 0.917. The van der Waals surface area contributed by atoms with Crippen LogP contribution in [-0.4, -0.2) is 31.3 Å². The Bertz CT molecular complexity index is 471. The number of anilines is 1. The second-order valence-electron chi connectivity index (χ2n) is 3.62. The van der Waals surface area contributed by atoms with Crippen molar-refractivity contribution in [1.82, 2.24) is 10.6 Å². The molecule has 96 valence electrons. The monoisotopic (exact) mass is 249 g/mol. The fraction of sp³-hybridized carbons (Fsp3) is 0.250. The summed E-state index contributed by atoms with van der Waals surface area (Å²) in [4.78, 5) is 33.6. The molecule has 0 radical (unpaired) electrons. The molecule has 0 heterocycles. The summed E-state index contributed by atoms with van der Waals surface area (Å²) < 4.78 is 0. The Labute approximate surface area is 105 Å². The van der Waals surface area contributed by atoms with Gasteiger partial charge < -0.3 is 16.0 Å². The number of amides is 3. The van der Waals surface area contributed by atoms with E-state index in [1.807, 2.05) is 0 Å². The first kappa shape index (κ1) is 13.7. The average Bonchev–Trinajstić information content (AvgIpc) is 2.35. The Morgan fingerprint density at radius 1 is 1.22 bits per heavy atom. The molecule has 1 aromatic carbocycles. The third-order valence-corrected chi connectivity index (χ3v) is 2.13. The van der Waals surface area contributed by atoms with Crippen LogP contribution in [0.4, 0.5) is 5.69 Å². The van der Waals surface area contributed by atoms with Gasteiger partial charge in [-0.2, -0.15) is 0 Å². The lowest BCUT2D eigenvalue weighted by atomic mass is 10.2. The number of benzene rings is 1. The van der Waals surface area contributed by atoms with Crippen molar-refractivity contribution < 1.29 is 14.4 Å². The molecule has 0 saturated heterocycles. The van der Waals surface area contributed by atoms with E-state index in [2.05, 4.69) is 16.0 Å². The summed E-state index contributed by atoms with van der Waals surface area (Å²) in [5, 5.41) is 7.44. The first-order valence-electron chi connectivity index (χ1n) is 5.39. The van der Waals surface area contributed by atoms with Crippen molar-refractivity contribution in [2.45, 2.75) is 6.92 Å². The zero-order valence-electron chi connectivity index (χ0n) is 10.2. The third kappa shape index (κ3) is 4.25. The molecule has 6 nitrogen and oxygen atoms in total. The lowest BCUT2D eigenvalue weighted by Gasteiger charge is -2.06. The molecule has 0 aliphatic rings. The first-order valence-corrected chi connectivity index (χ1v) is 5.39. The van der Waals surface area contributed by atoms with Crippen LogP contribution in [0.1, 0.15) is 17.3 Å². The predicted octanol–water partition coefficient (Wildman–Crippen LogP) is 0.121. The molecule has 0 spiro atoms. The molecule has 3 N–H and O–H groups in total. The van der Waals surface area contributed by atoms with Crippen molar-refractivity contribution >= 4 is 23.4 Å². The molecule has 0 fully saturated rings. The van der Waals surface area contributed by atoms with Crippen molar-refractivity contribution in [3.05, 3.63) is 29.8 Å². The summed E-state index contributed by atoms with van der Waals surface area (Å²) in [6, 6.07) is 6.47. The van der Waals surface area contributed by atoms with E-state index >= 15 is 0 Å². The van der Waals surface area contributed by atoms with Gasteiger partial charge in [-0.3, -0.25) is 14.4 Å². The van der Waals surface area contributed by atoms with Gasteiger partial charge in [-0.15, -0.1) is 0 Å². The van der Waals surface area contributed by atoms with E-state index in [1.54, 1.807) is 24.3 Å². The predicted molar refractivity (Wildman–Crippen MR) is 67.1 cm³/mol. The van der Waals surface area contributed by atoms with Gasteiger partial charge in [-0.05, 0) is 18.2 Å². The van der Waals surface area contributed by atoms with Gasteiger partial charge in [0.15, 0.2) is 0 Å². The van der Waals surface area contributed by atoms with Crippen molar-refractivity contribution in [2.24, 2.45) is 0 Å². The SMILES string of the molecule is CNC(=O)CNC(=O)c1cccc(NC(C)=O)c1. The highest BCUT2D eigenvalue weighted by molar-refractivity contribution is 5.98. The molecule has 3 amide bonds. The zero-order chi connectivity index (χ0) is 13.5. The third-order valence-electron chi connectivity index (χ3n) is 2.13. The van der Waals surface area contributed by atoms with Crippen LogP contribution >= 0.6 is 0 Å². The number of likely N-dealkylation sites (N-methyl/N-ethyl adjacent to an activating group) is 1. The average molecular weight is 249 g/mol. The van der Waals surface area contributed by atoms with Gasteiger partial charge in [-0.25, -0.2) is 0 Å². The van der Waals surface area contributed by atoms with Crippen molar-refractivity contribution in [3.63, 3.8) is 0 Å². The van der Waals surface area contributed by atoms with Gasteiger partial charge in [0.1, 0.15) is 0 Å². The second kappa shape index (κ2) is 6.39. The number of rotatable bonds is 4. The zero-order valence-corrected chi connectivity index (χ0v) is 10.2. The van der Waals surface area contributed by atoms with Crippen LogP contribution in [0.25, 0.3) is 0 Å². The van der Waals surface area contributed by atoms with E-state index in [0.717, 1.165) is 0 Å². The molecule has 0 atom stereocenters. The molecule has 1 rings (SSSR count). The number of carbonyl (C=O) groups excluding carboxylic acids is 3. The minimum Gasteiger partial charge on any atom is -0.358 e. The lowest BCUT2D eigenvalue weighted by molar-refractivity contribution is -0.119. The lowest BCUT2D eigenvalue weighted by Crippen LogP contribution is -2.35. The maximum absolute atomic E-state index is 11.7. The Hall–Kier alpha value is -2.37. The Kier molecular flexibility index (Phi) is 4.86. The van der Waals surface area contributed by atoms with Crippen LogP contribution in [0.5, 0.6) is 0 Å². The summed E-state index contributed by atoms with van der Waals surface area (Å²) in [6.07, 6.45) is 0. The van der Waals surface area contributed by atoms with E-state index in [1.165, 1.54) is 14.0 Å². The normalized spacial score (nSPS) is 9.44. The topological polar surface area (TPSA) is 87.3 Å². The van der Waals surface area contributed by atoms with Gasteiger partial charge in [0.2, 0.25) is 11.8 Å². The number of nitrogens with one attached hydrogen (secondary N) is 3. The van der Waals surface area contributed by atoms with Crippen LogP contribution in [0.3, 0.4) is 0 Å². The highest BCUT2D eigenvalue weighted by atomic mass is 16.2. The minimum absolute atomic E-state index is 0.0836. The summed E-state index contributed by atoms with van der Waals surface area (Å²) >= 11 is 0. The van der Waals surface area contributed by atoms with E-state index in [9.17, 15) is 14.4 Å². The van der Waals surface area contributed by atoms with Crippen LogP contribution in [0, 0.1) is 0 Å². The maximum atomic E-state index is 11.7. The molecule has 6 heteroatoms. The second-order valence-corrected chi connectivity index (χ2v) is 3.62. The van der Waals surface area contributed by atoms with Crippen molar-refractivity contribution in [3.8, 4) is 0 Å². The Balaban J connectivity index is 2.68. The van der Waals surface area contributed by atoms with E-state index < -0.39 is 0 Å². The number of hydrogen-bond donors (Lipinski definition) is 3. The molecule has 1 aromatic rings. The minimum atomic E-state index is -0.370. The van der Waals surface area contributed by atoms with Gasteiger partial charge in [-0.1, -0.05) is 6.07 Å². The summed E-state index contributed by atoms with van der Waals surface area (Å²) in [6.45, 7) is 1.30. The quantitative estimate of drug-likeness (QED) is 0.708. The van der Waals surface area contributed by atoms with Crippen LogP contribution in [-0.2, 0) is 9.59 Å². The van der Waals surface area contributed by atoms with E-state index in [-0.39, 0.29) is 24.3 Å². The molecule has 0 bridgehead atoms. The largest absolute Gasteiger partial charge is 0.358 e. The highest BCUT2D eigenvalue weighted by Crippen LogP contribution is 2.10. The smallest absolute Gasteiger partial charge is 0.251 e. The molecular weight excluding hydrogens is 234 g/mol. The van der Waals surface area contributed by atoms with E-state index in [0.29, 0.717) is 11.3 Å². The van der Waals surface area contributed by atoms with Crippen molar-refractivity contribution in [1.29, 1.82) is 0 Å². The van der Waals surface area contributed by atoms with Crippen LogP contribution in [0.15, 0.2) is 24.3 Å². The van der Waals surface area contributed by atoms with Gasteiger partial charge >= 0.3 is 0 Å². The maximum Gasteiger partial charge on any atom is 0.251 e. The first-order chi connectivity index (χ1) is 8.52. The molecule has 0 aliphatic carbocycles.